The topological polar surface area (TPSA) is 79.6 Å². The van der Waals surface area contributed by atoms with E-state index < -0.39 is 0 Å². The van der Waals surface area contributed by atoms with Crippen molar-refractivity contribution >= 4 is 52.3 Å². The predicted octanol–water partition coefficient (Wildman–Crippen LogP) is 6.49. The minimum absolute atomic E-state index is 0.143. The highest BCUT2D eigenvalue weighted by Crippen LogP contribution is 2.41. The normalized spacial score (nSPS) is 16.8. The van der Waals surface area contributed by atoms with Gasteiger partial charge in [-0.05, 0) is 72.9 Å². The number of nitrogens with one attached hydrogen (secondary N) is 2. The van der Waals surface area contributed by atoms with E-state index in [1.54, 1.807) is 25.4 Å². The number of aromatic nitrogens is 1. The monoisotopic (exact) mass is 564 g/mol. The fourth-order valence-corrected chi connectivity index (χ4v) is 5.54. The molecule has 0 aliphatic carbocycles. The smallest absolute Gasteiger partial charge is 0.226 e. The molecule has 38 heavy (non-hydrogen) atoms. The van der Waals surface area contributed by atoms with Crippen LogP contribution in [0.15, 0.2) is 99.5 Å². The third-order valence-corrected chi connectivity index (χ3v) is 7.62. The molecule has 2 N–H and O–H groups in total. The Labute approximate surface area is 235 Å². The van der Waals surface area contributed by atoms with E-state index >= 15 is 0 Å². The number of hydrogen-bond acceptors (Lipinski definition) is 6. The molecule has 1 fully saturated rings. The Morgan fingerprint density at radius 3 is 2.68 bits per heavy atom. The summed E-state index contributed by atoms with van der Waals surface area (Å²) in [6, 6.07) is 24.1. The van der Waals surface area contributed by atoms with E-state index in [1.165, 1.54) is 11.8 Å². The van der Waals surface area contributed by atoms with Gasteiger partial charge in [0, 0.05) is 29.1 Å². The number of para-hydroxylation sites is 2. The average Bonchev–Trinajstić information content (AvgIpc) is 3.53. The minimum atomic E-state index is -0.281. The van der Waals surface area contributed by atoms with Crippen LogP contribution < -0.4 is 15.4 Å². The molecule has 1 saturated heterocycles. The Morgan fingerprint density at radius 2 is 1.92 bits per heavy atom. The average molecular weight is 565 g/mol. The third-order valence-electron chi connectivity index (χ3n) is 6.08. The van der Waals surface area contributed by atoms with Gasteiger partial charge >= 0.3 is 0 Å². The molecule has 3 heterocycles. The molecule has 5 rings (SSSR count). The number of ether oxygens (including phenoxy) is 1. The summed E-state index contributed by atoms with van der Waals surface area (Å²) in [7, 11) is 1.57. The molecule has 4 aromatic rings. The maximum absolute atomic E-state index is 12.9. The first-order valence-corrected chi connectivity index (χ1v) is 13.6. The van der Waals surface area contributed by atoms with Crippen LogP contribution >= 0.6 is 35.6 Å². The lowest BCUT2D eigenvalue weighted by molar-refractivity contribution is -0.116. The third kappa shape index (κ3) is 5.96. The van der Waals surface area contributed by atoms with Crippen LogP contribution in [0.5, 0.6) is 5.75 Å². The molecule has 1 aliphatic rings. The number of rotatable bonds is 9. The zero-order chi connectivity index (χ0) is 26.5. The fraction of sp³-hybridized carbons (Fsp3) is 0.179. The van der Waals surface area contributed by atoms with Crippen molar-refractivity contribution in [2.24, 2.45) is 0 Å². The van der Waals surface area contributed by atoms with E-state index in [2.05, 4.69) is 15.6 Å². The largest absolute Gasteiger partial charge is 0.495 e. The van der Waals surface area contributed by atoms with Crippen LogP contribution in [0.1, 0.15) is 30.0 Å². The lowest BCUT2D eigenvalue weighted by Crippen LogP contribution is -2.32. The van der Waals surface area contributed by atoms with Gasteiger partial charge in [-0.2, -0.15) is 0 Å². The molecule has 0 radical (unpaired) electrons. The Hall–Kier alpha value is -3.53. The van der Waals surface area contributed by atoms with Crippen molar-refractivity contribution in [1.82, 2.24) is 15.2 Å². The van der Waals surface area contributed by atoms with Gasteiger partial charge in [-0.3, -0.25) is 9.78 Å². The highest BCUT2D eigenvalue weighted by Gasteiger charge is 2.41. The Morgan fingerprint density at radius 1 is 1.13 bits per heavy atom. The molecule has 10 heteroatoms. The SMILES string of the molecule is COc1ccccc1NC(=O)CCN1C(=S)N[C@@H](c2ccccn2)[C@H]1c1ccc(Sc2ccc(Cl)cc2)o1. The summed E-state index contributed by atoms with van der Waals surface area (Å²) in [5, 5.41) is 8.29. The fourth-order valence-electron chi connectivity index (χ4n) is 4.30. The zero-order valence-electron chi connectivity index (χ0n) is 20.5. The number of nitrogens with zero attached hydrogens (tertiary/aromatic N) is 2. The Kier molecular flexibility index (Phi) is 8.17. The summed E-state index contributed by atoms with van der Waals surface area (Å²) in [5.74, 6) is 1.19. The number of hydrogen-bond donors (Lipinski definition) is 2. The molecule has 0 spiro atoms. The van der Waals surface area contributed by atoms with Crippen LogP contribution in [0.2, 0.25) is 5.02 Å². The van der Waals surface area contributed by atoms with Gasteiger partial charge in [-0.15, -0.1) is 0 Å². The van der Waals surface area contributed by atoms with Gasteiger partial charge in [-0.1, -0.05) is 41.6 Å². The summed E-state index contributed by atoms with van der Waals surface area (Å²) < 4.78 is 11.7. The van der Waals surface area contributed by atoms with Crippen molar-refractivity contribution in [1.29, 1.82) is 0 Å². The Bertz CT molecular complexity index is 1420. The molecular formula is C28H25ClN4O3S2. The number of amides is 1. The lowest BCUT2D eigenvalue weighted by atomic mass is 10.0. The first-order valence-electron chi connectivity index (χ1n) is 12.0. The van der Waals surface area contributed by atoms with E-state index in [-0.39, 0.29) is 24.4 Å². The molecule has 1 amide bonds. The van der Waals surface area contributed by atoms with E-state index in [1.807, 2.05) is 71.6 Å². The number of thiocarbonyl (C=S) groups is 1. The van der Waals surface area contributed by atoms with Crippen molar-refractivity contribution in [2.75, 3.05) is 19.0 Å². The molecule has 1 aliphatic heterocycles. The van der Waals surface area contributed by atoms with Crippen molar-refractivity contribution in [3.63, 3.8) is 0 Å². The minimum Gasteiger partial charge on any atom is -0.495 e. The first-order chi connectivity index (χ1) is 18.5. The van der Waals surface area contributed by atoms with Gasteiger partial charge in [0.1, 0.15) is 17.6 Å². The number of anilines is 1. The summed E-state index contributed by atoms with van der Waals surface area (Å²) in [6.45, 7) is 0.390. The zero-order valence-corrected chi connectivity index (χ0v) is 22.9. The molecular weight excluding hydrogens is 540 g/mol. The molecule has 194 valence electrons. The summed E-state index contributed by atoms with van der Waals surface area (Å²) in [5.41, 5.74) is 1.46. The molecule has 0 saturated carbocycles. The number of benzene rings is 2. The van der Waals surface area contributed by atoms with Crippen molar-refractivity contribution < 1.29 is 13.9 Å². The molecule has 7 nitrogen and oxygen atoms in total. The second-order valence-corrected chi connectivity index (χ2v) is 10.4. The van der Waals surface area contributed by atoms with Gasteiger partial charge in [0.2, 0.25) is 5.91 Å². The van der Waals surface area contributed by atoms with Gasteiger partial charge in [0.15, 0.2) is 10.2 Å². The van der Waals surface area contributed by atoms with E-state index in [0.29, 0.717) is 28.1 Å². The standard InChI is InChI=1S/C28H25ClN4O3S2/c1-35-22-8-3-2-6-20(22)31-24(34)15-17-33-27(26(32-28(33)37)21-7-4-5-16-30-21)23-13-14-25(36-23)38-19-11-9-18(29)10-12-19/h2-14,16,26-27H,15,17H2,1H3,(H,31,34)(H,32,37)/t26-,27+/m0/s1. The van der Waals surface area contributed by atoms with Crippen LogP contribution in [0.4, 0.5) is 5.69 Å². The first kappa shape index (κ1) is 26.1. The highest BCUT2D eigenvalue weighted by atomic mass is 35.5. The molecule has 0 bridgehead atoms. The van der Waals surface area contributed by atoms with Gasteiger partial charge in [-0.25, -0.2) is 0 Å². The van der Waals surface area contributed by atoms with Crippen molar-refractivity contribution in [3.8, 4) is 5.75 Å². The van der Waals surface area contributed by atoms with E-state index in [9.17, 15) is 4.79 Å². The summed E-state index contributed by atoms with van der Waals surface area (Å²) in [6.07, 6.45) is 1.98. The maximum atomic E-state index is 12.9. The van der Waals surface area contributed by atoms with E-state index in [0.717, 1.165) is 21.4 Å². The Balaban J connectivity index is 1.36. The van der Waals surface area contributed by atoms with Crippen LogP contribution in [0, 0.1) is 0 Å². The van der Waals surface area contributed by atoms with Crippen LogP contribution in [0.25, 0.3) is 0 Å². The van der Waals surface area contributed by atoms with Gasteiger partial charge in [0.05, 0.1) is 24.5 Å². The quantitative estimate of drug-likeness (QED) is 0.223. The number of pyridine rings is 1. The number of carbonyl (C=O) groups excluding carboxylic acids is 1. The predicted molar refractivity (Wildman–Crippen MR) is 153 cm³/mol. The summed E-state index contributed by atoms with van der Waals surface area (Å²) in [4.78, 5) is 20.4. The van der Waals surface area contributed by atoms with Gasteiger partial charge in [0.25, 0.3) is 0 Å². The van der Waals surface area contributed by atoms with Gasteiger partial charge < -0.3 is 24.7 Å². The molecule has 0 unspecified atom stereocenters. The number of carbonyl (C=O) groups is 1. The second-order valence-electron chi connectivity index (χ2n) is 8.53. The van der Waals surface area contributed by atoms with Crippen LogP contribution in [-0.2, 0) is 4.79 Å². The number of halogens is 1. The highest BCUT2D eigenvalue weighted by molar-refractivity contribution is 7.99. The van der Waals surface area contributed by atoms with Crippen LogP contribution in [-0.4, -0.2) is 34.6 Å². The van der Waals surface area contributed by atoms with Crippen molar-refractivity contribution in [2.45, 2.75) is 28.5 Å². The molecule has 2 aromatic carbocycles. The maximum Gasteiger partial charge on any atom is 0.226 e. The van der Waals surface area contributed by atoms with E-state index in [4.69, 9.17) is 33.0 Å². The lowest BCUT2D eigenvalue weighted by Gasteiger charge is -2.25. The number of furan rings is 1. The molecule has 2 atom stereocenters. The summed E-state index contributed by atoms with van der Waals surface area (Å²) >= 11 is 13.2. The van der Waals surface area contributed by atoms with Crippen molar-refractivity contribution in [3.05, 3.63) is 102 Å². The number of methoxy groups -OCH3 is 1. The van der Waals surface area contributed by atoms with Crippen LogP contribution in [0.3, 0.4) is 0 Å². The second kappa shape index (κ2) is 11.9. The molecule has 2 aromatic heterocycles.